The van der Waals surface area contributed by atoms with Gasteiger partial charge in [0.25, 0.3) is 0 Å². The highest BCUT2D eigenvalue weighted by Crippen LogP contribution is 2.13. The van der Waals surface area contributed by atoms with E-state index in [1.54, 1.807) is 0 Å². The first-order valence-corrected chi connectivity index (χ1v) is 5.59. The summed E-state index contributed by atoms with van der Waals surface area (Å²) in [5.41, 5.74) is 7.44. The smallest absolute Gasteiger partial charge is 0.407 e. The molecule has 1 fully saturated rings. The number of nitrogens with zero attached hydrogens (tertiary/aromatic N) is 1. The van der Waals surface area contributed by atoms with E-state index >= 15 is 0 Å². The number of nitrogen functional groups attached to an aromatic ring is 1. The highest BCUT2D eigenvalue weighted by molar-refractivity contribution is 5.65. The summed E-state index contributed by atoms with van der Waals surface area (Å²) in [4.78, 5) is 12.2. The quantitative estimate of drug-likeness (QED) is 0.756. The van der Waals surface area contributed by atoms with Crippen molar-refractivity contribution in [2.75, 3.05) is 25.4 Å². The van der Waals surface area contributed by atoms with Crippen LogP contribution in [0.1, 0.15) is 5.56 Å². The van der Waals surface area contributed by atoms with E-state index in [0.29, 0.717) is 26.1 Å². The highest BCUT2D eigenvalue weighted by Gasteiger charge is 2.23. The minimum Gasteiger partial charge on any atom is -0.465 e. The molecule has 1 aromatic carbocycles. The van der Waals surface area contributed by atoms with E-state index in [1.165, 1.54) is 4.90 Å². The molecule has 1 atom stereocenters. The van der Waals surface area contributed by atoms with Crippen LogP contribution in [0.4, 0.5) is 10.5 Å². The van der Waals surface area contributed by atoms with Crippen LogP contribution in [0, 0.1) is 0 Å². The van der Waals surface area contributed by atoms with Crippen molar-refractivity contribution in [2.45, 2.75) is 12.5 Å². The van der Waals surface area contributed by atoms with Gasteiger partial charge in [-0.25, -0.2) is 4.79 Å². The van der Waals surface area contributed by atoms with Crippen LogP contribution in [0.5, 0.6) is 0 Å². The maximum atomic E-state index is 10.9. The molecular formula is C12H16N2O3. The number of amides is 1. The molecule has 92 valence electrons. The molecule has 0 aliphatic carbocycles. The van der Waals surface area contributed by atoms with Crippen LogP contribution in [0.25, 0.3) is 0 Å². The fourth-order valence-corrected chi connectivity index (χ4v) is 1.93. The van der Waals surface area contributed by atoms with Crippen LogP contribution in [-0.4, -0.2) is 41.9 Å². The Hall–Kier alpha value is -1.75. The Labute approximate surface area is 99.8 Å². The van der Waals surface area contributed by atoms with Crippen molar-refractivity contribution in [3.63, 3.8) is 0 Å². The SMILES string of the molecule is Nc1ccc(C[C@H]2CN(C(=O)O)CCO2)cc1. The summed E-state index contributed by atoms with van der Waals surface area (Å²) in [6.07, 6.45) is -0.233. The Bertz CT molecular complexity index is 391. The Morgan fingerprint density at radius 2 is 2.18 bits per heavy atom. The second-order valence-electron chi connectivity index (χ2n) is 4.17. The van der Waals surface area contributed by atoms with Crippen molar-refractivity contribution in [1.82, 2.24) is 4.90 Å². The highest BCUT2D eigenvalue weighted by atomic mass is 16.5. The van der Waals surface area contributed by atoms with Gasteiger partial charge in [0.2, 0.25) is 0 Å². The maximum absolute atomic E-state index is 10.9. The fraction of sp³-hybridized carbons (Fsp3) is 0.417. The van der Waals surface area contributed by atoms with Gasteiger partial charge in [-0.05, 0) is 17.7 Å². The summed E-state index contributed by atoms with van der Waals surface area (Å²) in [6, 6.07) is 7.57. The van der Waals surface area contributed by atoms with Crippen LogP contribution < -0.4 is 5.73 Å². The third-order valence-electron chi connectivity index (χ3n) is 2.85. The average molecular weight is 236 g/mol. The summed E-state index contributed by atoms with van der Waals surface area (Å²) in [7, 11) is 0. The zero-order valence-corrected chi connectivity index (χ0v) is 9.50. The zero-order valence-electron chi connectivity index (χ0n) is 9.50. The van der Waals surface area contributed by atoms with E-state index in [-0.39, 0.29) is 6.10 Å². The molecule has 0 unspecified atom stereocenters. The molecular weight excluding hydrogens is 220 g/mol. The standard InChI is InChI=1S/C12H16N2O3/c13-10-3-1-9(2-4-10)7-11-8-14(12(15)16)5-6-17-11/h1-4,11H,5-8,13H2,(H,15,16)/t11-/m0/s1. The lowest BCUT2D eigenvalue weighted by molar-refractivity contribution is -0.0210. The molecule has 17 heavy (non-hydrogen) atoms. The number of carbonyl (C=O) groups is 1. The molecule has 1 aromatic rings. The van der Waals surface area contributed by atoms with Crippen molar-refractivity contribution in [3.8, 4) is 0 Å². The largest absolute Gasteiger partial charge is 0.465 e. The molecule has 1 aliphatic rings. The molecule has 0 aromatic heterocycles. The molecule has 5 heteroatoms. The second kappa shape index (κ2) is 5.05. The van der Waals surface area contributed by atoms with Crippen LogP contribution in [0.15, 0.2) is 24.3 Å². The monoisotopic (exact) mass is 236 g/mol. The molecule has 1 heterocycles. The summed E-state index contributed by atoms with van der Waals surface area (Å²) in [6.45, 7) is 1.35. The number of benzene rings is 1. The summed E-state index contributed by atoms with van der Waals surface area (Å²) >= 11 is 0. The van der Waals surface area contributed by atoms with Gasteiger partial charge in [-0.2, -0.15) is 0 Å². The van der Waals surface area contributed by atoms with Crippen LogP contribution in [-0.2, 0) is 11.2 Å². The number of nitrogens with two attached hydrogens (primary N) is 1. The van der Waals surface area contributed by atoms with E-state index < -0.39 is 6.09 Å². The average Bonchev–Trinajstić information content (AvgIpc) is 2.32. The summed E-state index contributed by atoms with van der Waals surface area (Å²) < 4.78 is 5.56. The molecule has 2 rings (SSSR count). The third-order valence-corrected chi connectivity index (χ3v) is 2.85. The number of hydrogen-bond donors (Lipinski definition) is 2. The Morgan fingerprint density at radius 1 is 1.47 bits per heavy atom. The maximum Gasteiger partial charge on any atom is 0.407 e. The predicted octanol–water partition coefficient (Wildman–Crippen LogP) is 1.19. The molecule has 0 bridgehead atoms. The van der Waals surface area contributed by atoms with Crippen LogP contribution in [0.3, 0.4) is 0 Å². The molecule has 5 nitrogen and oxygen atoms in total. The van der Waals surface area contributed by atoms with Gasteiger partial charge in [-0.3, -0.25) is 0 Å². The molecule has 1 aliphatic heterocycles. The summed E-state index contributed by atoms with van der Waals surface area (Å²) in [5, 5.41) is 8.91. The van der Waals surface area contributed by atoms with Crippen molar-refractivity contribution in [1.29, 1.82) is 0 Å². The Balaban J connectivity index is 1.94. The Kier molecular flexibility index (Phi) is 3.49. The van der Waals surface area contributed by atoms with Gasteiger partial charge in [-0.1, -0.05) is 12.1 Å². The van der Waals surface area contributed by atoms with E-state index in [1.807, 2.05) is 24.3 Å². The third kappa shape index (κ3) is 3.10. The van der Waals surface area contributed by atoms with Crippen molar-refractivity contribution < 1.29 is 14.6 Å². The minimum atomic E-state index is -0.879. The number of morpholine rings is 1. The lowest BCUT2D eigenvalue weighted by Crippen LogP contribution is -2.45. The lowest BCUT2D eigenvalue weighted by Gasteiger charge is -2.31. The van der Waals surface area contributed by atoms with E-state index in [9.17, 15) is 4.79 Å². The van der Waals surface area contributed by atoms with Crippen molar-refractivity contribution >= 4 is 11.8 Å². The number of anilines is 1. The first-order valence-electron chi connectivity index (χ1n) is 5.59. The number of carboxylic acid groups (broad SMARTS) is 1. The van der Waals surface area contributed by atoms with Gasteiger partial charge < -0.3 is 20.5 Å². The van der Waals surface area contributed by atoms with Gasteiger partial charge in [0.15, 0.2) is 0 Å². The van der Waals surface area contributed by atoms with Crippen molar-refractivity contribution in [3.05, 3.63) is 29.8 Å². The Morgan fingerprint density at radius 3 is 2.82 bits per heavy atom. The minimum absolute atomic E-state index is 0.0662. The predicted molar refractivity (Wildman–Crippen MR) is 63.9 cm³/mol. The van der Waals surface area contributed by atoms with Gasteiger partial charge in [0.1, 0.15) is 0 Å². The van der Waals surface area contributed by atoms with Crippen LogP contribution >= 0.6 is 0 Å². The fourth-order valence-electron chi connectivity index (χ4n) is 1.93. The van der Waals surface area contributed by atoms with Gasteiger partial charge in [0.05, 0.1) is 19.3 Å². The number of hydrogen-bond acceptors (Lipinski definition) is 3. The van der Waals surface area contributed by atoms with E-state index in [0.717, 1.165) is 11.3 Å². The zero-order chi connectivity index (χ0) is 12.3. The molecule has 1 amide bonds. The molecule has 1 saturated heterocycles. The van der Waals surface area contributed by atoms with E-state index in [2.05, 4.69) is 0 Å². The van der Waals surface area contributed by atoms with E-state index in [4.69, 9.17) is 15.6 Å². The van der Waals surface area contributed by atoms with Gasteiger partial charge in [-0.15, -0.1) is 0 Å². The first-order chi connectivity index (χ1) is 8.15. The summed E-state index contributed by atoms with van der Waals surface area (Å²) in [5.74, 6) is 0. The molecule has 0 saturated carbocycles. The molecule has 0 radical (unpaired) electrons. The van der Waals surface area contributed by atoms with Crippen molar-refractivity contribution in [2.24, 2.45) is 0 Å². The normalized spacial score (nSPS) is 20.2. The van der Waals surface area contributed by atoms with Gasteiger partial charge in [0, 0.05) is 18.7 Å². The van der Waals surface area contributed by atoms with Crippen LogP contribution in [0.2, 0.25) is 0 Å². The molecule has 0 spiro atoms. The second-order valence-corrected chi connectivity index (χ2v) is 4.17. The number of ether oxygens (including phenoxy) is 1. The van der Waals surface area contributed by atoms with Gasteiger partial charge >= 0.3 is 6.09 Å². The first kappa shape index (κ1) is 11.7. The lowest BCUT2D eigenvalue weighted by atomic mass is 10.1. The number of rotatable bonds is 2. The molecule has 3 N–H and O–H groups in total. The topological polar surface area (TPSA) is 75.8 Å².